The Hall–Kier alpha value is -2.26. The van der Waals surface area contributed by atoms with Crippen molar-refractivity contribution in [3.8, 4) is 0 Å². The SMILES string of the molecule is O=C(c1ccc2ncncc2c1)c1cc(F)cc(CCCNS(=O)[O-])c1Cl. The van der Waals surface area contributed by atoms with Gasteiger partial charge in [0.25, 0.3) is 0 Å². The number of aromatic nitrogens is 2. The van der Waals surface area contributed by atoms with Crippen LogP contribution in [0.25, 0.3) is 10.9 Å². The molecule has 0 saturated heterocycles. The second-order valence-corrected chi connectivity index (χ2v) is 6.92. The van der Waals surface area contributed by atoms with Crippen LogP contribution in [-0.4, -0.2) is 31.1 Å². The summed E-state index contributed by atoms with van der Waals surface area (Å²) in [6, 6.07) is 7.28. The number of hydrogen-bond donors (Lipinski definition) is 1. The third-order valence-corrected chi connectivity index (χ3v) is 4.85. The highest BCUT2D eigenvalue weighted by atomic mass is 35.5. The summed E-state index contributed by atoms with van der Waals surface area (Å²) in [4.78, 5) is 20.9. The molecule has 6 nitrogen and oxygen atoms in total. The summed E-state index contributed by atoms with van der Waals surface area (Å²) in [5, 5.41) is 0.849. The van der Waals surface area contributed by atoms with Crippen LogP contribution in [0.15, 0.2) is 42.9 Å². The van der Waals surface area contributed by atoms with Crippen molar-refractivity contribution >= 4 is 39.6 Å². The number of ketones is 1. The third-order valence-electron chi connectivity index (χ3n) is 3.97. The zero-order valence-corrected chi connectivity index (χ0v) is 15.5. The number of nitrogens with one attached hydrogen (secondary N) is 1. The van der Waals surface area contributed by atoms with Crippen molar-refractivity contribution in [1.29, 1.82) is 0 Å². The lowest BCUT2D eigenvalue weighted by Gasteiger charge is -2.11. The standard InChI is InChI=1S/C18H15ClFN3O3S/c19-17-11(2-1-5-23-27(25)26)7-14(20)8-15(17)18(24)12-3-4-16-13(6-12)9-21-10-22-16/h3-4,6-10,23H,1-2,5H2,(H,25,26)/p-1. The van der Waals surface area contributed by atoms with Crippen LogP contribution in [0.5, 0.6) is 0 Å². The number of carbonyl (C=O) groups is 1. The van der Waals surface area contributed by atoms with E-state index in [4.69, 9.17) is 11.6 Å². The summed E-state index contributed by atoms with van der Waals surface area (Å²) in [5.74, 6) is -0.993. The van der Waals surface area contributed by atoms with Gasteiger partial charge in [0.15, 0.2) is 5.78 Å². The number of halogens is 2. The first kappa shape index (κ1) is 19.5. The van der Waals surface area contributed by atoms with Gasteiger partial charge in [-0.2, -0.15) is 0 Å². The molecule has 1 unspecified atom stereocenters. The summed E-state index contributed by atoms with van der Waals surface area (Å²) < 4.78 is 37.2. The minimum absolute atomic E-state index is 0.0585. The summed E-state index contributed by atoms with van der Waals surface area (Å²) >= 11 is 3.98. The maximum absolute atomic E-state index is 14.0. The smallest absolute Gasteiger partial charge is 0.194 e. The zero-order chi connectivity index (χ0) is 19.4. The van der Waals surface area contributed by atoms with Crippen LogP contribution in [0.1, 0.15) is 27.9 Å². The highest BCUT2D eigenvalue weighted by molar-refractivity contribution is 7.77. The monoisotopic (exact) mass is 406 g/mol. The number of hydrogen-bond acceptors (Lipinski definition) is 5. The number of carbonyl (C=O) groups excluding carboxylic acids is 1. The van der Waals surface area contributed by atoms with Crippen LogP contribution >= 0.6 is 11.6 Å². The fraction of sp³-hybridized carbons (Fsp3) is 0.167. The van der Waals surface area contributed by atoms with Gasteiger partial charge in [0, 0.05) is 40.5 Å². The highest BCUT2D eigenvalue weighted by Gasteiger charge is 2.18. The fourth-order valence-corrected chi connectivity index (χ4v) is 3.31. The van der Waals surface area contributed by atoms with Crippen molar-refractivity contribution in [3.63, 3.8) is 0 Å². The summed E-state index contributed by atoms with van der Waals surface area (Å²) in [6.07, 6.45) is 3.74. The second-order valence-electron chi connectivity index (χ2n) is 5.78. The third kappa shape index (κ3) is 4.72. The topological polar surface area (TPSA) is 95.0 Å². The van der Waals surface area contributed by atoms with Crippen molar-refractivity contribution in [2.24, 2.45) is 0 Å². The maximum atomic E-state index is 14.0. The average molecular weight is 407 g/mol. The van der Waals surface area contributed by atoms with Gasteiger partial charge < -0.3 is 4.55 Å². The molecule has 0 aliphatic heterocycles. The van der Waals surface area contributed by atoms with Gasteiger partial charge in [-0.1, -0.05) is 11.6 Å². The molecular formula is C18H14ClFN3O3S-. The molecule has 1 heterocycles. The highest BCUT2D eigenvalue weighted by Crippen LogP contribution is 2.27. The molecule has 0 spiro atoms. The van der Waals surface area contributed by atoms with E-state index in [0.29, 0.717) is 34.9 Å². The van der Waals surface area contributed by atoms with E-state index < -0.39 is 22.9 Å². The van der Waals surface area contributed by atoms with Crippen molar-refractivity contribution < 1.29 is 17.9 Å². The van der Waals surface area contributed by atoms with Crippen LogP contribution in [0.3, 0.4) is 0 Å². The molecule has 0 saturated carbocycles. The Morgan fingerprint density at radius 3 is 2.89 bits per heavy atom. The molecule has 0 radical (unpaired) electrons. The molecule has 0 aliphatic rings. The summed E-state index contributed by atoms with van der Waals surface area (Å²) in [7, 11) is 0. The fourth-order valence-electron chi connectivity index (χ4n) is 2.71. The van der Waals surface area contributed by atoms with Crippen LogP contribution in [0.4, 0.5) is 4.39 Å². The predicted molar refractivity (Wildman–Crippen MR) is 99.6 cm³/mol. The molecule has 3 rings (SSSR count). The van der Waals surface area contributed by atoms with Crippen molar-refractivity contribution in [2.75, 3.05) is 6.54 Å². The Morgan fingerprint density at radius 1 is 1.30 bits per heavy atom. The lowest BCUT2D eigenvalue weighted by Crippen LogP contribution is -2.18. The normalized spacial score (nSPS) is 12.3. The molecule has 0 bridgehead atoms. The van der Waals surface area contributed by atoms with Crippen LogP contribution in [0, 0.1) is 5.82 Å². The van der Waals surface area contributed by atoms with Gasteiger partial charge in [-0.3, -0.25) is 9.00 Å². The number of benzene rings is 2. The van der Waals surface area contributed by atoms with Gasteiger partial charge in [0.1, 0.15) is 12.1 Å². The molecule has 27 heavy (non-hydrogen) atoms. The molecule has 1 aromatic heterocycles. The molecule has 3 aromatic rings. The molecule has 1 N–H and O–H groups in total. The molecular weight excluding hydrogens is 393 g/mol. The van der Waals surface area contributed by atoms with Crippen molar-refractivity contribution in [3.05, 3.63) is 70.4 Å². The Morgan fingerprint density at radius 2 is 2.11 bits per heavy atom. The Balaban J connectivity index is 1.88. The Labute approximate surface area is 162 Å². The number of rotatable bonds is 7. The number of fused-ring (bicyclic) bond motifs is 1. The van der Waals surface area contributed by atoms with Gasteiger partial charge in [0.2, 0.25) is 0 Å². The first-order valence-electron chi connectivity index (χ1n) is 8.01. The van der Waals surface area contributed by atoms with Crippen LogP contribution in [0.2, 0.25) is 5.02 Å². The summed E-state index contributed by atoms with van der Waals surface area (Å²) in [5.41, 5.74) is 1.54. The molecule has 2 aromatic carbocycles. The van der Waals surface area contributed by atoms with E-state index in [1.807, 2.05) is 0 Å². The van der Waals surface area contributed by atoms with Gasteiger partial charge in [-0.05, 0) is 48.7 Å². The van der Waals surface area contributed by atoms with E-state index in [0.717, 1.165) is 6.07 Å². The van der Waals surface area contributed by atoms with Gasteiger partial charge in [-0.15, -0.1) is 0 Å². The minimum Gasteiger partial charge on any atom is -0.760 e. The quantitative estimate of drug-likeness (QED) is 0.370. The molecule has 0 fully saturated rings. The Bertz CT molecular complexity index is 1030. The Kier molecular flexibility index (Phi) is 6.22. The summed E-state index contributed by atoms with van der Waals surface area (Å²) in [6.45, 7) is 0.191. The van der Waals surface area contributed by atoms with E-state index in [-0.39, 0.29) is 17.1 Å². The van der Waals surface area contributed by atoms with E-state index in [9.17, 15) is 17.9 Å². The van der Waals surface area contributed by atoms with Crippen molar-refractivity contribution in [2.45, 2.75) is 12.8 Å². The van der Waals surface area contributed by atoms with E-state index >= 15 is 0 Å². The van der Waals surface area contributed by atoms with Gasteiger partial charge in [-0.25, -0.2) is 19.1 Å². The van der Waals surface area contributed by atoms with E-state index in [2.05, 4.69) is 14.7 Å². The number of nitrogens with zero attached hydrogens (tertiary/aromatic N) is 2. The van der Waals surface area contributed by atoms with E-state index in [1.165, 1.54) is 12.4 Å². The molecule has 0 amide bonds. The predicted octanol–water partition coefficient (Wildman–Crippen LogP) is 2.97. The minimum atomic E-state index is -2.35. The largest absolute Gasteiger partial charge is 0.760 e. The van der Waals surface area contributed by atoms with Crippen LogP contribution < -0.4 is 4.72 Å². The number of aryl methyl sites for hydroxylation is 1. The molecule has 140 valence electrons. The maximum Gasteiger partial charge on any atom is 0.194 e. The van der Waals surface area contributed by atoms with E-state index in [1.54, 1.807) is 24.4 Å². The van der Waals surface area contributed by atoms with Gasteiger partial charge in [0.05, 0.1) is 10.5 Å². The average Bonchev–Trinajstić information content (AvgIpc) is 2.66. The van der Waals surface area contributed by atoms with Crippen molar-refractivity contribution in [1.82, 2.24) is 14.7 Å². The second kappa shape index (κ2) is 8.62. The van der Waals surface area contributed by atoms with Crippen LogP contribution in [-0.2, 0) is 17.7 Å². The lowest BCUT2D eigenvalue weighted by atomic mass is 9.98. The molecule has 0 aliphatic carbocycles. The first-order chi connectivity index (χ1) is 13.0. The van der Waals surface area contributed by atoms with Gasteiger partial charge >= 0.3 is 0 Å². The molecule has 9 heteroatoms. The molecule has 1 atom stereocenters. The zero-order valence-electron chi connectivity index (χ0n) is 13.9. The lowest BCUT2D eigenvalue weighted by molar-refractivity contribution is 0.103. The first-order valence-corrected chi connectivity index (χ1v) is 9.46.